The molecule has 26 heavy (non-hydrogen) atoms. The largest absolute Gasteiger partial charge is 0.351 e. The van der Waals surface area contributed by atoms with Gasteiger partial charge in [0.15, 0.2) is 11.0 Å². The van der Waals surface area contributed by atoms with Gasteiger partial charge in [-0.05, 0) is 36.2 Å². The van der Waals surface area contributed by atoms with E-state index in [1.807, 2.05) is 23.7 Å². The zero-order valence-corrected chi connectivity index (χ0v) is 15.3. The lowest BCUT2D eigenvalue weighted by molar-refractivity contribution is -0.118. The highest BCUT2D eigenvalue weighted by Gasteiger charge is 2.13. The monoisotopic (exact) mass is 371 g/mol. The number of amides is 1. The fraction of sp³-hybridized carbons (Fsp3) is 0.222. The summed E-state index contributed by atoms with van der Waals surface area (Å²) in [4.78, 5) is 16.1. The lowest BCUT2D eigenvalue weighted by Crippen LogP contribution is -2.24. The van der Waals surface area contributed by atoms with Crippen molar-refractivity contribution in [2.24, 2.45) is 7.05 Å². The molecule has 0 spiro atoms. The Morgan fingerprint density at radius 2 is 2.15 bits per heavy atom. The predicted molar refractivity (Wildman–Crippen MR) is 97.9 cm³/mol. The molecule has 134 valence electrons. The number of thioether (sulfide) groups is 1. The predicted octanol–water partition coefficient (Wildman–Crippen LogP) is 2.73. The molecule has 3 aromatic rings. The standard InChI is InChI=1S/C18H18FN5OS/c1-12-5-6-13(8-15(12)19)9-21-16(25)11-26-18-23-22-17(24(18)2)14-4-3-7-20-10-14/h3-8,10H,9,11H2,1-2H3,(H,21,25). The number of hydrogen-bond donors (Lipinski definition) is 1. The van der Waals surface area contributed by atoms with Crippen LogP contribution in [0.15, 0.2) is 47.9 Å². The minimum absolute atomic E-state index is 0.151. The molecule has 0 aliphatic rings. The quantitative estimate of drug-likeness (QED) is 0.675. The van der Waals surface area contributed by atoms with Gasteiger partial charge in [-0.15, -0.1) is 10.2 Å². The Labute approximate surface area is 154 Å². The summed E-state index contributed by atoms with van der Waals surface area (Å²) in [6.07, 6.45) is 3.41. The molecule has 0 radical (unpaired) electrons. The van der Waals surface area contributed by atoms with Crippen molar-refractivity contribution >= 4 is 17.7 Å². The second kappa shape index (κ2) is 8.09. The van der Waals surface area contributed by atoms with E-state index in [-0.39, 0.29) is 24.0 Å². The molecule has 0 aliphatic carbocycles. The van der Waals surface area contributed by atoms with Crippen molar-refractivity contribution in [1.29, 1.82) is 0 Å². The molecular weight excluding hydrogens is 353 g/mol. The molecule has 0 atom stereocenters. The molecule has 3 rings (SSSR count). The molecule has 0 saturated heterocycles. The summed E-state index contributed by atoms with van der Waals surface area (Å²) >= 11 is 1.29. The fourth-order valence-corrected chi connectivity index (χ4v) is 3.06. The number of nitrogens with one attached hydrogen (secondary N) is 1. The van der Waals surface area contributed by atoms with Crippen molar-refractivity contribution in [3.05, 3.63) is 59.7 Å². The van der Waals surface area contributed by atoms with Crippen LogP contribution >= 0.6 is 11.8 Å². The Hall–Kier alpha value is -2.74. The van der Waals surface area contributed by atoms with Gasteiger partial charge in [0.1, 0.15) is 5.82 Å². The minimum atomic E-state index is -0.270. The van der Waals surface area contributed by atoms with Gasteiger partial charge in [0, 0.05) is 31.5 Å². The van der Waals surface area contributed by atoms with E-state index in [2.05, 4.69) is 20.5 Å². The highest BCUT2D eigenvalue weighted by Crippen LogP contribution is 2.21. The molecule has 0 saturated carbocycles. The molecule has 0 fully saturated rings. The number of hydrogen-bond acceptors (Lipinski definition) is 5. The first kappa shape index (κ1) is 18.1. The van der Waals surface area contributed by atoms with Gasteiger partial charge >= 0.3 is 0 Å². The lowest BCUT2D eigenvalue weighted by Gasteiger charge is -2.07. The second-order valence-electron chi connectivity index (χ2n) is 5.76. The van der Waals surface area contributed by atoms with E-state index in [0.717, 1.165) is 11.1 Å². The van der Waals surface area contributed by atoms with E-state index in [1.165, 1.54) is 17.8 Å². The summed E-state index contributed by atoms with van der Waals surface area (Å²) in [6.45, 7) is 1.99. The number of pyridine rings is 1. The number of carbonyl (C=O) groups is 1. The van der Waals surface area contributed by atoms with Crippen LogP contribution in [-0.2, 0) is 18.4 Å². The van der Waals surface area contributed by atoms with Crippen LogP contribution in [0.25, 0.3) is 11.4 Å². The molecule has 2 heterocycles. The minimum Gasteiger partial charge on any atom is -0.351 e. The third kappa shape index (κ3) is 4.26. The Balaban J connectivity index is 1.55. The van der Waals surface area contributed by atoms with Gasteiger partial charge in [-0.25, -0.2) is 4.39 Å². The molecule has 0 unspecified atom stereocenters. The summed E-state index contributed by atoms with van der Waals surface area (Å²) in [5.41, 5.74) is 2.17. The van der Waals surface area contributed by atoms with E-state index < -0.39 is 0 Å². The maximum atomic E-state index is 13.5. The van der Waals surface area contributed by atoms with E-state index in [1.54, 1.807) is 31.5 Å². The van der Waals surface area contributed by atoms with E-state index >= 15 is 0 Å². The Morgan fingerprint density at radius 1 is 1.31 bits per heavy atom. The molecular formula is C18H18FN5OS. The van der Waals surface area contributed by atoms with Gasteiger partial charge in [0.25, 0.3) is 0 Å². The molecule has 1 aromatic carbocycles. The smallest absolute Gasteiger partial charge is 0.230 e. The molecule has 0 aliphatic heterocycles. The van der Waals surface area contributed by atoms with Crippen LogP contribution < -0.4 is 5.32 Å². The van der Waals surface area contributed by atoms with Crippen molar-refractivity contribution in [2.45, 2.75) is 18.6 Å². The first-order valence-corrected chi connectivity index (χ1v) is 8.97. The first-order chi connectivity index (χ1) is 12.5. The van der Waals surface area contributed by atoms with Gasteiger partial charge in [-0.3, -0.25) is 9.78 Å². The maximum absolute atomic E-state index is 13.5. The van der Waals surface area contributed by atoms with Gasteiger partial charge in [-0.2, -0.15) is 0 Å². The van der Waals surface area contributed by atoms with Gasteiger partial charge in [0.2, 0.25) is 5.91 Å². The highest BCUT2D eigenvalue weighted by molar-refractivity contribution is 7.99. The first-order valence-electron chi connectivity index (χ1n) is 7.99. The fourth-order valence-electron chi connectivity index (χ4n) is 2.32. The maximum Gasteiger partial charge on any atom is 0.230 e. The molecule has 6 nitrogen and oxygen atoms in total. The lowest BCUT2D eigenvalue weighted by atomic mass is 10.1. The summed E-state index contributed by atoms with van der Waals surface area (Å²) in [5.74, 6) is 0.471. The topological polar surface area (TPSA) is 72.7 Å². The Kier molecular flexibility index (Phi) is 5.62. The third-order valence-corrected chi connectivity index (χ3v) is 4.83. The van der Waals surface area contributed by atoms with Crippen LogP contribution in [0.1, 0.15) is 11.1 Å². The summed E-state index contributed by atoms with van der Waals surface area (Å²) < 4.78 is 15.3. The zero-order chi connectivity index (χ0) is 18.5. The van der Waals surface area contributed by atoms with Crippen molar-refractivity contribution in [3.63, 3.8) is 0 Å². The molecule has 2 aromatic heterocycles. The van der Waals surface area contributed by atoms with E-state index in [4.69, 9.17) is 0 Å². The second-order valence-corrected chi connectivity index (χ2v) is 6.70. The number of aryl methyl sites for hydroxylation is 1. The van der Waals surface area contributed by atoms with E-state index in [9.17, 15) is 9.18 Å². The third-order valence-electron chi connectivity index (χ3n) is 3.81. The van der Waals surface area contributed by atoms with Crippen LogP contribution in [0.4, 0.5) is 4.39 Å². The number of benzene rings is 1. The molecule has 1 amide bonds. The average Bonchev–Trinajstić information content (AvgIpc) is 3.02. The summed E-state index contributed by atoms with van der Waals surface area (Å²) in [5, 5.41) is 11.7. The van der Waals surface area contributed by atoms with Crippen molar-refractivity contribution < 1.29 is 9.18 Å². The number of halogens is 1. The molecule has 0 bridgehead atoms. The zero-order valence-electron chi connectivity index (χ0n) is 14.4. The number of nitrogens with zero attached hydrogens (tertiary/aromatic N) is 4. The van der Waals surface area contributed by atoms with Gasteiger partial charge < -0.3 is 9.88 Å². The van der Waals surface area contributed by atoms with Gasteiger partial charge in [-0.1, -0.05) is 23.9 Å². The van der Waals surface area contributed by atoms with E-state index in [0.29, 0.717) is 16.5 Å². The molecule has 1 N–H and O–H groups in total. The SMILES string of the molecule is Cc1ccc(CNC(=O)CSc2nnc(-c3cccnc3)n2C)cc1F. The van der Waals surface area contributed by atoms with Crippen molar-refractivity contribution in [2.75, 3.05) is 5.75 Å². The average molecular weight is 371 g/mol. The van der Waals surface area contributed by atoms with Crippen LogP contribution in [0.3, 0.4) is 0 Å². The van der Waals surface area contributed by atoms with Crippen LogP contribution in [-0.4, -0.2) is 31.4 Å². The van der Waals surface area contributed by atoms with Crippen molar-refractivity contribution in [3.8, 4) is 11.4 Å². The van der Waals surface area contributed by atoms with Crippen LogP contribution in [0.2, 0.25) is 0 Å². The summed E-state index contributed by atoms with van der Waals surface area (Å²) in [7, 11) is 1.84. The summed E-state index contributed by atoms with van der Waals surface area (Å²) in [6, 6.07) is 8.67. The normalized spacial score (nSPS) is 10.7. The van der Waals surface area contributed by atoms with Crippen LogP contribution in [0.5, 0.6) is 0 Å². The highest BCUT2D eigenvalue weighted by atomic mass is 32.2. The number of carbonyl (C=O) groups excluding carboxylic acids is 1. The number of rotatable bonds is 6. The number of aromatic nitrogens is 4. The van der Waals surface area contributed by atoms with Crippen molar-refractivity contribution in [1.82, 2.24) is 25.1 Å². The Bertz CT molecular complexity index is 913. The van der Waals surface area contributed by atoms with Gasteiger partial charge in [0.05, 0.1) is 5.75 Å². The van der Waals surface area contributed by atoms with Crippen LogP contribution in [0, 0.1) is 12.7 Å². The Morgan fingerprint density at radius 3 is 2.88 bits per heavy atom. The molecule has 8 heteroatoms.